The first-order valence-electron chi connectivity index (χ1n) is 19.1. The first-order valence-corrected chi connectivity index (χ1v) is 20.5. The number of allylic oxidation sites excluding steroid dienone is 1. The number of nitrogens with one attached hydrogen (secondary N) is 1. The van der Waals surface area contributed by atoms with E-state index in [-0.39, 0.29) is 16.4 Å². The minimum Gasteiger partial charge on any atom is -0.446 e. The molecular formula is C40H64N2O4S. The van der Waals surface area contributed by atoms with Crippen molar-refractivity contribution in [2.24, 2.45) is 46.3 Å². The molecule has 4 aliphatic rings. The van der Waals surface area contributed by atoms with Gasteiger partial charge in [-0.2, -0.15) is 4.31 Å². The van der Waals surface area contributed by atoms with Gasteiger partial charge in [0.15, 0.2) is 0 Å². The SMILES string of the molecule is CCCN(CCC)S(=O)(=O)c1ccc(NC(=O)O[C@H]2CC[C@@]3(C)C(=CC[C@H]4[C@@H]5CC[C@H]([C@H](C)CCCC(C)C)[C@@]5(C)CC[C@@H]43)C2)cc1. The molecule has 3 fully saturated rings. The third-order valence-electron chi connectivity index (χ3n) is 13.2. The van der Waals surface area contributed by atoms with Crippen molar-refractivity contribution < 1.29 is 17.9 Å². The summed E-state index contributed by atoms with van der Waals surface area (Å²) in [5, 5.41) is 2.85. The Morgan fingerprint density at radius 2 is 1.66 bits per heavy atom. The molecule has 0 aliphatic heterocycles. The summed E-state index contributed by atoms with van der Waals surface area (Å²) in [6.45, 7) is 17.4. The van der Waals surface area contributed by atoms with E-state index in [2.05, 4.69) is 46.0 Å². The Morgan fingerprint density at radius 3 is 2.32 bits per heavy atom. The van der Waals surface area contributed by atoms with Gasteiger partial charge in [0.05, 0.1) is 4.90 Å². The number of amides is 1. The molecule has 4 aliphatic carbocycles. The van der Waals surface area contributed by atoms with E-state index in [4.69, 9.17) is 4.74 Å². The van der Waals surface area contributed by atoms with Crippen molar-refractivity contribution >= 4 is 21.8 Å². The zero-order valence-corrected chi connectivity index (χ0v) is 31.3. The quantitative estimate of drug-likeness (QED) is 0.212. The van der Waals surface area contributed by atoms with Gasteiger partial charge in [0.25, 0.3) is 0 Å². The van der Waals surface area contributed by atoms with Gasteiger partial charge >= 0.3 is 6.09 Å². The van der Waals surface area contributed by atoms with Crippen molar-refractivity contribution in [3.05, 3.63) is 35.9 Å². The van der Waals surface area contributed by atoms with Crippen LogP contribution in [0, 0.1) is 46.3 Å². The van der Waals surface area contributed by atoms with Crippen LogP contribution in [0.4, 0.5) is 10.5 Å². The molecule has 0 spiro atoms. The molecule has 0 heterocycles. The smallest absolute Gasteiger partial charge is 0.411 e. The van der Waals surface area contributed by atoms with Gasteiger partial charge in [-0.3, -0.25) is 5.32 Å². The summed E-state index contributed by atoms with van der Waals surface area (Å²) >= 11 is 0. The van der Waals surface area contributed by atoms with E-state index < -0.39 is 16.1 Å². The van der Waals surface area contributed by atoms with Gasteiger partial charge in [0.1, 0.15) is 6.10 Å². The summed E-state index contributed by atoms with van der Waals surface area (Å²) < 4.78 is 33.7. The molecule has 1 aromatic rings. The lowest BCUT2D eigenvalue weighted by Crippen LogP contribution is -2.51. The first kappa shape index (κ1) is 36.4. The Hall–Kier alpha value is -1.86. The van der Waals surface area contributed by atoms with Crippen molar-refractivity contribution in [1.29, 1.82) is 0 Å². The Morgan fingerprint density at radius 1 is 0.957 bits per heavy atom. The van der Waals surface area contributed by atoms with Crippen molar-refractivity contribution in [2.45, 2.75) is 143 Å². The molecule has 47 heavy (non-hydrogen) atoms. The van der Waals surface area contributed by atoms with Crippen molar-refractivity contribution in [3.63, 3.8) is 0 Å². The summed E-state index contributed by atoms with van der Waals surface area (Å²) in [6, 6.07) is 6.47. The van der Waals surface area contributed by atoms with Gasteiger partial charge in [-0.1, -0.05) is 79.4 Å². The lowest BCUT2D eigenvalue weighted by Gasteiger charge is -2.58. The number of benzene rings is 1. The van der Waals surface area contributed by atoms with Crippen LogP contribution in [0.5, 0.6) is 0 Å². The number of carbonyl (C=O) groups is 1. The third kappa shape index (κ3) is 7.51. The summed E-state index contributed by atoms with van der Waals surface area (Å²) in [4.78, 5) is 13.2. The van der Waals surface area contributed by atoms with Crippen LogP contribution in [0.2, 0.25) is 0 Å². The maximum absolute atomic E-state index is 13.1. The van der Waals surface area contributed by atoms with E-state index >= 15 is 0 Å². The fraction of sp³-hybridized carbons (Fsp3) is 0.775. The van der Waals surface area contributed by atoms with E-state index in [1.165, 1.54) is 61.2 Å². The summed E-state index contributed by atoms with van der Waals surface area (Å²) in [5.41, 5.74) is 2.76. The van der Waals surface area contributed by atoms with Crippen LogP contribution < -0.4 is 5.32 Å². The summed E-state index contributed by atoms with van der Waals surface area (Å²) in [6.07, 6.45) is 17.1. The fourth-order valence-corrected chi connectivity index (χ4v) is 12.4. The van der Waals surface area contributed by atoms with Crippen LogP contribution in [0.25, 0.3) is 0 Å². The number of nitrogens with zero attached hydrogens (tertiary/aromatic N) is 1. The molecule has 0 unspecified atom stereocenters. The molecule has 0 saturated heterocycles. The number of fused-ring (bicyclic) bond motifs is 5. The predicted molar refractivity (Wildman–Crippen MR) is 193 cm³/mol. The van der Waals surface area contributed by atoms with Crippen molar-refractivity contribution in [1.82, 2.24) is 4.31 Å². The minimum absolute atomic E-state index is 0.126. The highest BCUT2D eigenvalue weighted by atomic mass is 32.2. The summed E-state index contributed by atoms with van der Waals surface area (Å²) in [7, 11) is -3.56. The molecule has 1 N–H and O–H groups in total. The standard InChI is InChI=1S/C40H64N2O4S/c1-8-25-42(26-9-2)47(44,45)33-16-14-31(15-17-33)41-38(43)46-32-21-23-39(6)30(27-32)13-18-34-36-20-19-35(29(5)12-10-11-28(3)4)40(36,7)24-22-37(34)39/h13-17,28-29,32,34-37H,8-12,18-27H2,1-7H3,(H,41,43)/t29-,32+,34+,35-,36+,37+,39+,40-/m1/s1. The van der Waals surface area contributed by atoms with E-state index in [0.29, 0.717) is 24.2 Å². The van der Waals surface area contributed by atoms with Crippen molar-refractivity contribution in [2.75, 3.05) is 18.4 Å². The topological polar surface area (TPSA) is 75.7 Å². The van der Waals surface area contributed by atoms with E-state index in [9.17, 15) is 13.2 Å². The Bertz CT molecular complexity index is 1350. The monoisotopic (exact) mass is 668 g/mol. The molecular weight excluding hydrogens is 605 g/mol. The molecule has 0 bridgehead atoms. The molecule has 8 atom stereocenters. The van der Waals surface area contributed by atoms with E-state index in [1.807, 2.05) is 13.8 Å². The molecule has 1 aromatic carbocycles. The lowest BCUT2D eigenvalue weighted by atomic mass is 9.47. The van der Waals surface area contributed by atoms with Gasteiger partial charge in [0.2, 0.25) is 10.0 Å². The highest BCUT2D eigenvalue weighted by molar-refractivity contribution is 7.89. The zero-order valence-electron chi connectivity index (χ0n) is 30.5. The van der Waals surface area contributed by atoms with Crippen LogP contribution in [-0.2, 0) is 14.8 Å². The second kappa shape index (κ2) is 14.9. The maximum Gasteiger partial charge on any atom is 0.411 e. The Balaban J connectivity index is 1.17. The largest absolute Gasteiger partial charge is 0.446 e. The molecule has 6 nitrogen and oxygen atoms in total. The number of ether oxygens (including phenoxy) is 1. The van der Waals surface area contributed by atoms with Gasteiger partial charge in [-0.15, -0.1) is 0 Å². The highest BCUT2D eigenvalue weighted by Gasteiger charge is 2.59. The second-order valence-corrected chi connectivity index (χ2v) is 18.6. The number of anilines is 1. The van der Waals surface area contributed by atoms with Crippen LogP contribution in [0.3, 0.4) is 0 Å². The number of hydrogen-bond acceptors (Lipinski definition) is 4. The highest BCUT2D eigenvalue weighted by Crippen LogP contribution is 2.67. The molecule has 3 saturated carbocycles. The van der Waals surface area contributed by atoms with Gasteiger partial charge < -0.3 is 4.74 Å². The third-order valence-corrected chi connectivity index (χ3v) is 15.1. The Labute approximate surface area is 286 Å². The van der Waals surface area contributed by atoms with Gasteiger partial charge in [0, 0.05) is 25.2 Å². The minimum atomic E-state index is -3.56. The van der Waals surface area contributed by atoms with E-state index in [0.717, 1.165) is 67.6 Å². The molecule has 0 aromatic heterocycles. The van der Waals surface area contributed by atoms with E-state index in [1.54, 1.807) is 24.3 Å². The van der Waals surface area contributed by atoms with Gasteiger partial charge in [-0.05, 0) is 128 Å². The van der Waals surface area contributed by atoms with Crippen LogP contribution in [-0.4, -0.2) is 38.0 Å². The second-order valence-electron chi connectivity index (χ2n) is 16.6. The molecule has 264 valence electrons. The summed E-state index contributed by atoms with van der Waals surface area (Å²) in [5.74, 6) is 4.89. The zero-order chi connectivity index (χ0) is 34.0. The van der Waals surface area contributed by atoms with Crippen molar-refractivity contribution in [3.8, 4) is 0 Å². The van der Waals surface area contributed by atoms with Gasteiger partial charge in [-0.25, -0.2) is 13.2 Å². The first-order chi connectivity index (χ1) is 22.3. The maximum atomic E-state index is 13.1. The number of rotatable bonds is 13. The number of hydrogen-bond donors (Lipinski definition) is 1. The molecule has 7 heteroatoms. The molecule has 0 radical (unpaired) electrons. The molecule has 5 rings (SSSR count). The fourth-order valence-electron chi connectivity index (χ4n) is 10.8. The normalized spacial score (nSPS) is 32.7. The van der Waals surface area contributed by atoms with Crippen LogP contribution >= 0.6 is 0 Å². The molecule has 1 amide bonds. The average molecular weight is 669 g/mol. The number of carbonyl (C=O) groups excluding carboxylic acids is 1. The van der Waals surface area contributed by atoms with Crippen LogP contribution in [0.15, 0.2) is 40.8 Å². The predicted octanol–water partition coefficient (Wildman–Crippen LogP) is 10.5. The average Bonchev–Trinajstić information content (AvgIpc) is 3.38. The Kier molecular flexibility index (Phi) is 11.6. The lowest BCUT2D eigenvalue weighted by molar-refractivity contribution is -0.0577. The number of sulfonamides is 1. The van der Waals surface area contributed by atoms with Crippen LogP contribution in [0.1, 0.15) is 132 Å².